The monoisotopic (exact) mass is 364 g/mol. The van der Waals surface area contributed by atoms with Crippen LogP contribution in [-0.2, 0) is 20.9 Å². The summed E-state index contributed by atoms with van der Waals surface area (Å²) in [5.41, 5.74) is 1.55. The van der Waals surface area contributed by atoms with Gasteiger partial charge in [0.25, 0.3) is 0 Å². The van der Waals surface area contributed by atoms with E-state index >= 15 is 0 Å². The molecule has 0 aromatic heterocycles. The Balaban J connectivity index is 2.41. The summed E-state index contributed by atoms with van der Waals surface area (Å²) in [6.07, 6.45) is 0.693. The maximum absolute atomic E-state index is 11.7. The fourth-order valence-electron chi connectivity index (χ4n) is 2.74. The normalized spacial score (nSPS) is 16.6. The lowest BCUT2D eigenvalue weighted by atomic mass is 9.87. The van der Waals surface area contributed by atoms with Crippen LogP contribution in [0.15, 0.2) is 42.0 Å². The number of hydrogen-bond donors (Lipinski definition) is 2. The molecular formula is C21H32O5. The van der Waals surface area contributed by atoms with Crippen LogP contribution in [0.25, 0.3) is 0 Å². The largest absolute Gasteiger partial charge is 0.463 e. The number of carbonyl (C=O) groups is 1. The van der Waals surface area contributed by atoms with Crippen molar-refractivity contribution in [3.8, 4) is 0 Å². The second-order valence-corrected chi connectivity index (χ2v) is 6.67. The molecule has 26 heavy (non-hydrogen) atoms. The van der Waals surface area contributed by atoms with Gasteiger partial charge in [-0.2, -0.15) is 0 Å². The van der Waals surface area contributed by atoms with Crippen molar-refractivity contribution in [2.24, 2.45) is 11.8 Å². The molecule has 0 aliphatic carbocycles. The van der Waals surface area contributed by atoms with Gasteiger partial charge in [-0.15, -0.1) is 0 Å². The summed E-state index contributed by atoms with van der Waals surface area (Å²) in [6, 6.07) is 9.85. The summed E-state index contributed by atoms with van der Waals surface area (Å²) in [7, 11) is 0. The molecule has 0 aliphatic rings. The molecule has 1 rings (SSSR count). The molecule has 5 nitrogen and oxygen atoms in total. The van der Waals surface area contributed by atoms with E-state index in [1.165, 1.54) is 0 Å². The van der Waals surface area contributed by atoms with Crippen LogP contribution < -0.4 is 0 Å². The van der Waals surface area contributed by atoms with Crippen LogP contribution in [0.2, 0.25) is 0 Å². The van der Waals surface area contributed by atoms with Crippen LogP contribution in [0.4, 0.5) is 0 Å². The number of esters is 1. The van der Waals surface area contributed by atoms with Gasteiger partial charge in [0.05, 0.1) is 25.4 Å². The smallest absolute Gasteiger partial charge is 0.333 e. The molecule has 0 unspecified atom stereocenters. The predicted molar refractivity (Wildman–Crippen MR) is 101 cm³/mol. The van der Waals surface area contributed by atoms with Crippen LogP contribution in [0, 0.1) is 11.8 Å². The van der Waals surface area contributed by atoms with Gasteiger partial charge in [-0.1, -0.05) is 50.3 Å². The second kappa shape index (κ2) is 11.8. The fraction of sp³-hybridized carbons (Fsp3) is 0.571. The first kappa shape index (κ1) is 22.4. The summed E-state index contributed by atoms with van der Waals surface area (Å²) < 4.78 is 10.5. The highest BCUT2D eigenvalue weighted by molar-refractivity contribution is 5.87. The standard InChI is InChI=1S/C21H32O5/c1-5-26-21(24)16(3)13-15(2)20(23)17(4)19(22)11-12-25-14-18-9-7-6-8-10-18/h6-10,13,15,17,19-20,22-23H,5,11-12,14H2,1-4H3/b16-13+/t15-,17+,19-,20-/m1/s1. The van der Waals surface area contributed by atoms with Gasteiger partial charge in [0.1, 0.15) is 0 Å². The average molecular weight is 364 g/mol. The van der Waals surface area contributed by atoms with Crippen molar-refractivity contribution in [1.82, 2.24) is 0 Å². The lowest BCUT2D eigenvalue weighted by Crippen LogP contribution is -2.34. The van der Waals surface area contributed by atoms with E-state index in [0.29, 0.717) is 31.8 Å². The molecule has 0 radical (unpaired) electrons. The maximum Gasteiger partial charge on any atom is 0.333 e. The van der Waals surface area contributed by atoms with Crippen molar-refractivity contribution < 1.29 is 24.5 Å². The van der Waals surface area contributed by atoms with E-state index in [0.717, 1.165) is 5.56 Å². The Morgan fingerprint density at radius 2 is 1.85 bits per heavy atom. The molecule has 4 atom stereocenters. The van der Waals surface area contributed by atoms with Crippen LogP contribution in [0.1, 0.15) is 39.7 Å². The summed E-state index contributed by atoms with van der Waals surface area (Å²) >= 11 is 0. The molecule has 0 heterocycles. The molecule has 1 aromatic carbocycles. The Hall–Kier alpha value is -1.69. The minimum Gasteiger partial charge on any atom is -0.463 e. The Bertz CT molecular complexity index is 555. The van der Waals surface area contributed by atoms with E-state index in [1.807, 2.05) is 37.3 Å². The number of ether oxygens (including phenoxy) is 2. The minimum atomic E-state index is -0.761. The quantitative estimate of drug-likeness (QED) is 0.358. The third-order valence-corrected chi connectivity index (χ3v) is 4.46. The lowest BCUT2D eigenvalue weighted by molar-refractivity contribution is -0.138. The first-order chi connectivity index (χ1) is 12.4. The van der Waals surface area contributed by atoms with Crippen molar-refractivity contribution in [2.45, 2.75) is 52.9 Å². The molecule has 2 N–H and O–H groups in total. The number of aliphatic hydroxyl groups is 2. The SMILES string of the molecule is CCOC(=O)/C(C)=C/[C@@H](C)[C@@H](O)[C@@H](C)[C@H](O)CCOCc1ccccc1. The molecule has 1 aromatic rings. The zero-order chi connectivity index (χ0) is 19.5. The van der Waals surface area contributed by atoms with Crippen LogP contribution in [0.3, 0.4) is 0 Å². The zero-order valence-corrected chi connectivity index (χ0v) is 16.2. The maximum atomic E-state index is 11.7. The average Bonchev–Trinajstić information content (AvgIpc) is 2.64. The highest BCUT2D eigenvalue weighted by Crippen LogP contribution is 2.21. The van der Waals surface area contributed by atoms with Crippen molar-refractivity contribution in [1.29, 1.82) is 0 Å². The number of aliphatic hydroxyl groups excluding tert-OH is 2. The minimum absolute atomic E-state index is 0.269. The zero-order valence-electron chi connectivity index (χ0n) is 16.2. The topological polar surface area (TPSA) is 76.0 Å². The molecule has 0 saturated carbocycles. The molecule has 0 aliphatic heterocycles. The first-order valence-corrected chi connectivity index (χ1v) is 9.20. The second-order valence-electron chi connectivity index (χ2n) is 6.67. The van der Waals surface area contributed by atoms with Gasteiger partial charge in [0.2, 0.25) is 0 Å². The molecule has 0 fully saturated rings. The third kappa shape index (κ3) is 7.68. The predicted octanol–water partition coefficient (Wildman–Crippen LogP) is 3.10. The Morgan fingerprint density at radius 3 is 2.46 bits per heavy atom. The van der Waals surface area contributed by atoms with E-state index < -0.39 is 12.2 Å². The number of rotatable bonds is 11. The van der Waals surface area contributed by atoms with E-state index in [2.05, 4.69) is 0 Å². The fourth-order valence-corrected chi connectivity index (χ4v) is 2.74. The van der Waals surface area contributed by atoms with Crippen LogP contribution >= 0.6 is 0 Å². The van der Waals surface area contributed by atoms with Gasteiger partial charge in [-0.05, 0) is 25.8 Å². The van der Waals surface area contributed by atoms with Gasteiger partial charge in [0, 0.05) is 24.0 Å². The molecule has 0 amide bonds. The van der Waals surface area contributed by atoms with Crippen molar-refractivity contribution in [3.05, 3.63) is 47.5 Å². The van der Waals surface area contributed by atoms with E-state index in [9.17, 15) is 15.0 Å². The highest BCUT2D eigenvalue weighted by atomic mass is 16.5. The number of benzene rings is 1. The van der Waals surface area contributed by atoms with E-state index in [-0.39, 0.29) is 17.8 Å². The van der Waals surface area contributed by atoms with Crippen LogP contribution in [-0.4, -0.2) is 41.6 Å². The highest BCUT2D eigenvalue weighted by Gasteiger charge is 2.26. The third-order valence-electron chi connectivity index (χ3n) is 4.46. The Kier molecular flexibility index (Phi) is 10.2. The van der Waals surface area contributed by atoms with E-state index in [4.69, 9.17) is 9.47 Å². The Morgan fingerprint density at radius 1 is 1.19 bits per heavy atom. The molecule has 5 heteroatoms. The first-order valence-electron chi connectivity index (χ1n) is 9.20. The summed E-state index contributed by atoms with van der Waals surface area (Å²) in [5, 5.41) is 20.8. The van der Waals surface area contributed by atoms with Crippen molar-refractivity contribution in [2.75, 3.05) is 13.2 Å². The summed E-state index contributed by atoms with van der Waals surface area (Å²) in [4.78, 5) is 11.7. The molecule has 0 spiro atoms. The summed E-state index contributed by atoms with van der Waals surface area (Å²) in [6.45, 7) is 8.28. The molecule has 0 bridgehead atoms. The van der Waals surface area contributed by atoms with E-state index in [1.54, 1.807) is 26.8 Å². The lowest BCUT2D eigenvalue weighted by Gasteiger charge is -2.27. The van der Waals surface area contributed by atoms with Gasteiger partial charge in [0.15, 0.2) is 0 Å². The van der Waals surface area contributed by atoms with Gasteiger partial charge >= 0.3 is 5.97 Å². The van der Waals surface area contributed by atoms with Crippen molar-refractivity contribution >= 4 is 5.97 Å². The van der Waals surface area contributed by atoms with Gasteiger partial charge in [-0.25, -0.2) is 4.79 Å². The molecular weight excluding hydrogens is 332 g/mol. The summed E-state index contributed by atoms with van der Waals surface area (Å²) in [5.74, 6) is -0.986. The Labute approximate surface area is 156 Å². The molecule has 0 saturated heterocycles. The van der Waals surface area contributed by atoms with Gasteiger partial charge in [-0.3, -0.25) is 0 Å². The van der Waals surface area contributed by atoms with Gasteiger partial charge < -0.3 is 19.7 Å². The molecule has 146 valence electrons. The number of carbonyl (C=O) groups excluding carboxylic acids is 1. The van der Waals surface area contributed by atoms with Crippen molar-refractivity contribution in [3.63, 3.8) is 0 Å². The van der Waals surface area contributed by atoms with Crippen LogP contribution in [0.5, 0.6) is 0 Å². The number of hydrogen-bond acceptors (Lipinski definition) is 5.